The maximum absolute atomic E-state index is 12.8. The van der Waals surface area contributed by atoms with Gasteiger partial charge in [0.15, 0.2) is 0 Å². The standard InChI is InChI=1S/C18H21N3O3/c1-2-20-14-7-4-3-6-13(14)19-17(20)15-8-5-9-21(15)18(22)16-12-23-10-11-24-16/h3-4,6-7,12,15H,2,5,8-11H2,1H3/t15-/m1/s1. The van der Waals surface area contributed by atoms with E-state index in [4.69, 9.17) is 14.5 Å². The minimum Gasteiger partial charge on any atom is -0.494 e. The van der Waals surface area contributed by atoms with Crippen LogP contribution in [0.5, 0.6) is 0 Å². The van der Waals surface area contributed by atoms with Crippen molar-refractivity contribution in [3.8, 4) is 0 Å². The molecule has 1 aromatic carbocycles. The third-order valence-electron chi connectivity index (χ3n) is 4.67. The van der Waals surface area contributed by atoms with Crippen molar-refractivity contribution in [2.24, 2.45) is 0 Å². The highest BCUT2D eigenvalue weighted by atomic mass is 16.6. The molecule has 1 saturated heterocycles. The first-order chi connectivity index (χ1) is 11.8. The van der Waals surface area contributed by atoms with Gasteiger partial charge in [-0.15, -0.1) is 0 Å². The van der Waals surface area contributed by atoms with Gasteiger partial charge in [0, 0.05) is 13.1 Å². The molecule has 0 N–H and O–H groups in total. The van der Waals surface area contributed by atoms with E-state index >= 15 is 0 Å². The lowest BCUT2D eigenvalue weighted by molar-refractivity contribution is -0.133. The minimum absolute atomic E-state index is 0.0173. The SMILES string of the molecule is CCn1c([C@H]2CCCN2C(=O)C2=COCCO2)nc2ccccc21. The number of carbonyl (C=O) groups excluding carboxylic acids is 1. The Balaban J connectivity index is 1.70. The van der Waals surface area contributed by atoms with E-state index in [9.17, 15) is 4.79 Å². The van der Waals surface area contributed by atoms with Crippen molar-refractivity contribution < 1.29 is 14.3 Å². The Morgan fingerprint density at radius 2 is 2.21 bits per heavy atom. The van der Waals surface area contributed by atoms with E-state index in [-0.39, 0.29) is 11.9 Å². The first kappa shape index (κ1) is 15.1. The van der Waals surface area contributed by atoms with Gasteiger partial charge in [0.05, 0.1) is 17.1 Å². The molecule has 1 atom stereocenters. The molecule has 6 nitrogen and oxygen atoms in total. The highest BCUT2D eigenvalue weighted by Gasteiger charge is 2.36. The van der Waals surface area contributed by atoms with Gasteiger partial charge in [0.1, 0.15) is 25.3 Å². The number of benzene rings is 1. The van der Waals surface area contributed by atoms with E-state index in [1.165, 1.54) is 6.26 Å². The van der Waals surface area contributed by atoms with Crippen molar-refractivity contribution in [2.45, 2.75) is 32.4 Å². The lowest BCUT2D eigenvalue weighted by atomic mass is 10.2. The van der Waals surface area contributed by atoms with Crippen LogP contribution in [0, 0.1) is 0 Å². The lowest BCUT2D eigenvalue weighted by Crippen LogP contribution is -2.34. The molecule has 1 aromatic heterocycles. The van der Waals surface area contributed by atoms with Crippen LogP contribution in [-0.2, 0) is 20.8 Å². The number of amides is 1. The molecule has 2 aliphatic rings. The molecule has 0 saturated carbocycles. The molecular weight excluding hydrogens is 306 g/mol. The summed E-state index contributed by atoms with van der Waals surface area (Å²) in [6.45, 7) is 4.57. The number of aryl methyl sites for hydroxylation is 1. The number of para-hydroxylation sites is 2. The zero-order valence-corrected chi connectivity index (χ0v) is 13.8. The number of fused-ring (bicyclic) bond motifs is 1. The van der Waals surface area contributed by atoms with Crippen LogP contribution in [0.15, 0.2) is 36.3 Å². The Labute approximate surface area is 140 Å². The average Bonchev–Trinajstić information content (AvgIpc) is 3.25. The van der Waals surface area contributed by atoms with Gasteiger partial charge in [-0.2, -0.15) is 0 Å². The Kier molecular flexibility index (Phi) is 3.88. The van der Waals surface area contributed by atoms with E-state index < -0.39 is 0 Å². The fourth-order valence-corrected chi connectivity index (χ4v) is 3.58. The number of imidazole rings is 1. The van der Waals surface area contributed by atoms with Gasteiger partial charge in [0.2, 0.25) is 5.76 Å². The number of hydrogen-bond donors (Lipinski definition) is 0. The Bertz CT molecular complexity index is 796. The van der Waals surface area contributed by atoms with E-state index in [2.05, 4.69) is 17.6 Å². The summed E-state index contributed by atoms with van der Waals surface area (Å²) >= 11 is 0. The number of carbonyl (C=O) groups is 1. The van der Waals surface area contributed by atoms with Crippen LogP contribution in [0.3, 0.4) is 0 Å². The van der Waals surface area contributed by atoms with Crippen molar-refractivity contribution in [3.05, 3.63) is 42.1 Å². The molecule has 0 spiro atoms. The van der Waals surface area contributed by atoms with Crippen LogP contribution in [0.4, 0.5) is 0 Å². The number of ether oxygens (including phenoxy) is 2. The molecule has 0 unspecified atom stereocenters. The van der Waals surface area contributed by atoms with Gasteiger partial charge in [-0.1, -0.05) is 12.1 Å². The molecule has 24 heavy (non-hydrogen) atoms. The van der Waals surface area contributed by atoms with Crippen LogP contribution in [0.1, 0.15) is 31.6 Å². The summed E-state index contributed by atoms with van der Waals surface area (Å²) in [6.07, 6.45) is 3.32. The van der Waals surface area contributed by atoms with Crippen molar-refractivity contribution in [1.29, 1.82) is 0 Å². The predicted molar refractivity (Wildman–Crippen MR) is 89.1 cm³/mol. The predicted octanol–water partition coefficient (Wildman–Crippen LogP) is 2.61. The van der Waals surface area contributed by atoms with E-state index in [1.54, 1.807) is 0 Å². The normalized spacial score (nSPS) is 20.6. The molecule has 1 fully saturated rings. The molecule has 0 radical (unpaired) electrons. The van der Waals surface area contributed by atoms with Gasteiger partial charge in [-0.25, -0.2) is 4.98 Å². The maximum atomic E-state index is 12.8. The maximum Gasteiger partial charge on any atom is 0.292 e. The molecule has 6 heteroatoms. The van der Waals surface area contributed by atoms with Crippen molar-refractivity contribution in [3.63, 3.8) is 0 Å². The van der Waals surface area contributed by atoms with Crippen LogP contribution in [0.25, 0.3) is 11.0 Å². The summed E-state index contributed by atoms with van der Waals surface area (Å²) in [7, 11) is 0. The lowest BCUT2D eigenvalue weighted by Gasteiger charge is -2.26. The second-order valence-electron chi connectivity index (χ2n) is 6.06. The minimum atomic E-state index is -0.105. The van der Waals surface area contributed by atoms with Crippen molar-refractivity contribution >= 4 is 16.9 Å². The quantitative estimate of drug-likeness (QED) is 0.869. The smallest absolute Gasteiger partial charge is 0.292 e. The van der Waals surface area contributed by atoms with Crippen molar-refractivity contribution in [1.82, 2.24) is 14.5 Å². The van der Waals surface area contributed by atoms with Crippen LogP contribution < -0.4 is 0 Å². The highest BCUT2D eigenvalue weighted by molar-refractivity contribution is 5.92. The zero-order valence-electron chi connectivity index (χ0n) is 13.8. The molecule has 1 amide bonds. The highest BCUT2D eigenvalue weighted by Crippen LogP contribution is 2.34. The van der Waals surface area contributed by atoms with Gasteiger partial charge in [-0.3, -0.25) is 4.79 Å². The number of aromatic nitrogens is 2. The van der Waals surface area contributed by atoms with E-state index in [0.717, 1.165) is 42.8 Å². The Morgan fingerprint density at radius 1 is 1.33 bits per heavy atom. The molecule has 126 valence electrons. The summed E-state index contributed by atoms with van der Waals surface area (Å²) in [6, 6.07) is 8.10. The average molecular weight is 327 g/mol. The van der Waals surface area contributed by atoms with Crippen LogP contribution in [0.2, 0.25) is 0 Å². The molecule has 0 bridgehead atoms. The Hall–Kier alpha value is -2.50. The van der Waals surface area contributed by atoms with E-state index in [0.29, 0.717) is 19.0 Å². The third-order valence-corrected chi connectivity index (χ3v) is 4.67. The number of nitrogens with zero attached hydrogens (tertiary/aromatic N) is 3. The van der Waals surface area contributed by atoms with Crippen LogP contribution >= 0.6 is 0 Å². The molecular formula is C18H21N3O3. The van der Waals surface area contributed by atoms with Crippen molar-refractivity contribution in [2.75, 3.05) is 19.8 Å². The Morgan fingerprint density at radius 3 is 3.00 bits per heavy atom. The third kappa shape index (κ3) is 2.42. The van der Waals surface area contributed by atoms with E-state index in [1.807, 2.05) is 23.1 Å². The van der Waals surface area contributed by atoms with Crippen LogP contribution in [-0.4, -0.2) is 40.1 Å². The topological polar surface area (TPSA) is 56.6 Å². The summed E-state index contributed by atoms with van der Waals surface area (Å²) in [5.41, 5.74) is 2.09. The molecule has 3 heterocycles. The monoisotopic (exact) mass is 327 g/mol. The summed E-state index contributed by atoms with van der Waals surface area (Å²) in [5, 5.41) is 0. The fourth-order valence-electron chi connectivity index (χ4n) is 3.58. The van der Waals surface area contributed by atoms with Gasteiger partial charge >= 0.3 is 0 Å². The summed E-state index contributed by atoms with van der Waals surface area (Å²) in [4.78, 5) is 19.5. The first-order valence-electron chi connectivity index (χ1n) is 8.50. The second-order valence-corrected chi connectivity index (χ2v) is 6.06. The fraction of sp³-hybridized carbons (Fsp3) is 0.444. The molecule has 4 rings (SSSR count). The zero-order chi connectivity index (χ0) is 16.5. The first-order valence-corrected chi connectivity index (χ1v) is 8.50. The number of likely N-dealkylation sites (tertiary alicyclic amines) is 1. The summed E-state index contributed by atoms with van der Waals surface area (Å²) < 4.78 is 12.9. The number of rotatable bonds is 3. The van der Waals surface area contributed by atoms with Gasteiger partial charge < -0.3 is 18.9 Å². The second kappa shape index (κ2) is 6.19. The number of hydrogen-bond acceptors (Lipinski definition) is 4. The van der Waals surface area contributed by atoms with Gasteiger partial charge in [0.25, 0.3) is 5.91 Å². The largest absolute Gasteiger partial charge is 0.494 e. The molecule has 2 aromatic rings. The molecule has 2 aliphatic heterocycles. The summed E-state index contributed by atoms with van der Waals surface area (Å²) in [5.74, 6) is 1.15. The molecule has 0 aliphatic carbocycles. The van der Waals surface area contributed by atoms with Gasteiger partial charge in [-0.05, 0) is 31.9 Å².